The number of hydrogen-bond acceptors (Lipinski definition) is 7. The van der Waals surface area contributed by atoms with Gasteiger partial charge in [-0.1, -0.05) is 153 Å². The van der Waals surface area contributed by atoms with Gasteiger partial charge in [-0.3, -0.25) is 9.59 Å². The Morgan fingerprint density at radius 1 is 0.556 bits per heavy atom. The van der Waals surface area contributed by atoms with Crippen LogP contribution in [0, 0.1) is 0 Å². The van der Waals surface area contributed by atoms with Crippen molar-refractivity contribution >= 4 is 17.9 Å². The minimum absolute atomic E-state index is 0.0373. The highest BCUT2D eigenvalue weighted by Gasteiger charge is 2.25. The fourth-order valence-corrected chi connectivity index (χ4v) is 6.31. The predicted octanol–water partition coefficient (Wildman–Crippen LogP) is 10.5. The van der Waals surface area contributed by atoms with Crippen molar-refractivity contribution in [2.75, 3.05) is 41.0 Å². The highest BCUT2D eigenvalue weighted by Crippen LogP contribution is 2.14. The number of carbonyl (C=O) groups excluding carboxylic acids is 3. The van der Waals surface area contributed by atoms with Crippen LogP contribution in [0.1, 0.15) is 187 Å². The van der Waals surface area contributed by atoms with Crippen molar-refractivity contribution in [3.63, 3.8) is 0 Å². The van der Waals surface area contributed by atoms with Gasteiger partial charge in [0, 0.05) is 19.3 Å². The second-order valence-electron chi connectivity index (χ2n) is 15.9. The molecule has 0 fully saturated rings. The van der Waals surface area contributed by atoms with Gasteiger partial charge in [-0.2, -0.15) is 0 Å². The molecule has 54 heavy (non-hydrogen) atoms. The van der Waals surface area contributed by atoms with E-state index in [1.54, 1.807) is 21.1 Å². The zero-order valence-corrected chi connectivity index (χ0v) is 35.6. The fraction of sp³-hybridized carbons (Fsp3) is 0.804. The summed E-state index contributed by atoms with van der Waals surface area (Å²) >= 11 is 0. The number of carboxylic acids is 1. The lowest BCUT2D eigenvalue weighted by Crippen LogP contribution is -2.55. The number of carbonyl (C=O) groups is 3. The normalized spacial score (nSPS) is 13.3. The van der Waals surface area contributed by atoms with Crippen molar-refractivity contribution in [2.24, 2.45) is 0 Å². The van der Waals surface area contributed by atoms with Crippen LogP contribution < -0.4 is 5.11 Å². The monoisotopic (exact) mass is 762 g/mol. The quantitative estimate of drug-likeness (QED) is 0.0266. The van der Waals surface area contributed by atoms with Crippen molar-refractivity contribution in [3.05, 3.63) is 36.5 Å². The lowest BCUT2D eigenvalue weighted by Gasteiger charge is -2.34. The maximum Gasteiger partial charge on any atom is 0.306 e. The van der Waals surface area contributed by atoms with Gasteiger partial charge in [0.15, 0.2) is 6.10 Å². The Hall–Kier alpha value is -2.45. The first kappa shape index (κ1) is 51.5. The first-order valence-corrected chi connectivity index (χ1v) is 22.0. The number of allylic oxidation sites excluding steroid dienone is 6. The Labute approximate surface area is 332 Å². The minimum atomic E-state index is -1.13. The number of carboxylic acid groups (broad SMARTS) is 1. The van der Waals surface area contributed by atoms with Crippen molar-refractivity contribution < 1.29 is 38.2 Å². The molecular formula is C46H83NO7. The second-order valence-corrected chi connectivity index (χ2v) is 15.9. The lowest BCUT2D eigenvalue weighted by molar-refractivity contribution is -0.889. The first-order valence-electron chi connectivity index (χ1n) is 22.0. The van der Waals surface area contributed by atoms with Crippen LogP contribution in [-0.2, 0) is 28.6 Å². The highest BCUT2D eigenvalue weighted by molar-refractivity contribution is 5.70. The van der Waals surface area contributed by atoms with E-state index in [1.807, 2.05) is 0 Å². The van der Waals surface area contributed by atoms with E-state index in [0.29, 0.717) is 12.8 Å². The number of hydrogen-bond donors (Lipinski definition) is 0. The van der Waals surface area contributed by atoms with Crippen LogP contribution in [0.2, 0.25) is 0 Å². The number of unbranched alkanes of at least 4 members (excludes halogenated alkanes) is 19. The van der Waals surface area contributed by atoms with Crippen molar-refractivity contribution in [3.8, 4) is 0 Å². The van der Waals surface area contributed by atoms with Crippen molar-refractivity contribution in [1.82, 2.24) is 0 Å². The van der Waals surface area contributed by atoms with Crippen molar-refractivity contribution in [2.45, 2.75) is 199 Å². The van der Waals surface area contributed by atoms with Gasteiger partial charge in [0.1, 0.15) is 12.6 Å². The van der Waals surface area contributed by atoms with Gasteiger partial charge in [0.25, 0.3) is 0 Å². The summed E-state index contributed by atoms with van der Waals surface area (Å²) in [6, 6.07) is -0.726. The second kappa shape index (κ2) is 37.5. The molecule has 8 nitrogen and oxygen atoms in total. The molecule has 0 bridgehead atoms. The number of nitrogens with zero attached hydrogens (tertiary/aromatic N) is 1. The molecule has 0 saturated heterocycles. The molecule has 0 amide bonds. The van der Waals surface area contributed by atoms with E-state index in [4.69, 9.17) is 14.2 Å². The lowest BCUT2D eigenvalue weighted by atomic mass is 10.1. The molecule has 8 heteroatoms. The number of esters is 2. The Morgan fingerprint density at radius 2 is 0.981 bits per heavy atom. The molecule has 314 valence electrons. The van der Waals surface area contributed by atoms with E-state index in [-0.39, 0.29) is 42.7 Å². The van der Waals surface area contributed by atoms with Crippen LogP contribution >= 0.6 is 0 Å². The van der Waals surface area contributed by atoms with Gasteiger partial charge in [0.2, 0.25) is 0 Å². The smallest absolute Gasteiger partial charge is 0.306 e. The van der Waals surface area contributed by atoms with Gasteiger partial charge < -0.3 is 28.6 Å². The molecule has 2 atom stereocenters. The molecule has 0 heterocycles. The summed E-state index contributed by atoms with van der Waals surface area (Å²) < 4.78 is 17.1. The molecule has 0 aromatic carbocycles. The van der Waals surface area contributed by atoms with Gasteiger partial charge in [0.05, 0.1) is 40.3 Å². The summed E-state index contributed by atoms with van der Waals surface area (Å²) in [4.78, 5) is 36.8. The molecule has 0 aliphatic carbocycles. The zero-order chi connectivity index (χ0) is 40.0. The van der Waals surface area contributed by atoms with E-state index >= 15 is 0 Å². The van der Waals surface area contributed by atoms with Gasteiger partial charge in [-0.15, -0.1) is 0 Å². The average Bonchev–Trinajstić information content (AvgIpc) is 3.12. The van der Waals surface area contributed by atoms with Gasteiger partial charge in [-0.05, 0) is 51.4 Å². The molecule has 0 spiro atoms. The molecule has 0 rings (SSSR count). The number of quaternary nitrogens is 1. The number of aliphatic carboxylic acids is 1. The van der Waals surface area contributed by atoms with Crippen LogP contribution in [0.4, 0.5) is 0 Å². The largest absolute Gasteiger partial charge is 0.544 e. The van der Waals surface area contributed by atoms with E-state index in [2.05, 4.69) is 50.3 Å². The SMILES string of the molecule is CCCCC/C=C\C/C=C\C/C=C\CCCCCCCCC(=O)OC(COCCC(C(=O)[O-])[N+](C)(C)C)COC(=O)CCCCCCCCCCCCC. The fourth-order valence-electron chi connectivity index (χ4n) is 6.31. The molecule has 0 aromatic heterocycles. The maximum absolute atomic E-state index is 12.7. The Kier molecular flexibility index (Phi) is 35.8. The third kappa shape index (κ3) is 35.3. The first-order chi connectivity index (χ1) is 26.1. The predicted molar refractivity (Wildman–Crippen MR) is 222 cm³/mol. The summed E-state index contributed by atoms with van der Waals surface area (Å²) in [6.45, 7) is 4.61. The molecule has 0 N–H and O–H groups in total. The standard InChI is InChI=1S/C46H83NO7/c1-6-8-10-12-14-16-18-19-20-21-22-23-24-25-27-29-31-33-35-37-45(49)54-42(40-52-39-38-43(46(50)51)47(3,4)5)41-53-44(48)36-34-32-30-28-26-17-15-13-11-9-7-2/h14,16,19-20,22-23,42-43H,6-13,15,17-18,21,24-41H2,1-5H3/b16-14-,20-19-,23-22-. The topological polar surface area (TPSA) is 102 Å². The summed E-state index contributed by atoms with van der Waals surface area (Å²) in [7, 11) is 5.40. The Bertz CT molecular complexity index is 984. The molecule has 0 saturated carbocycles. The Morgan fingerprint density at radius 3 is 1.48 bits per heavy atom. The van der Waals surface area contributed by atoms with Crippen LogP contribution in [0.3, 0.4) is 0 Å². The summed E-state index contributed by atoms with van der Waals surface area (Å²) in [6.07, 6.45) is 41.6. The summed E-state index contributed by atoms with van der Waals surface area (Å²) in [5, 5.41) is 11.6. The minimum Gasteiger partial charge on any atom is -0.544 e. The Balaban J connectivity index is 4.35. The van der Waals surface area contributed by atoms with Crippen molar-refractivity contribution in [1.29, 1.82) is 0 Å². The van der Waals surface area contributed by atoms with Crippen LogP contribution in [0.15, 0.2) is 36.5 Å². The third-order valence-electron chi connectivity index (χ3n) is 9.78. The van der Waals surface area contributed by atoms with Crippen LogP contribution in [0.25, 0.3) is 0 Å². The maximum atomic E-state index is 12.7. The van der Waals surface area contributed by atoms with Gasteiger partial charge >= 0.3 is 11.9 Å². The van der Waals surface area contributed by atoms with E-state index in [1.165, 1.54) is 89.9 Å². The van der Waals surface area contributed by atoms with E-state index in [0.717, 1.165) is 64.2 Å². The number of ether oxygens (including phenoxy) is 3. The van der Waals surface area contributed by atoms with Gasteiger partial charge in [-0.25, -0.2) is 0 Å². The molecule has 0 aromatic rings. The molecule has 0 radical (unpaired) electrons. The summed E-state index contributed by atoms with van der Waals surface area (Å²) in [5.41, 5.74) is 0. The summed E-state index contributed by atoms with van der Waals surface area (Å²) in [5.74, 6) is -1.75. The van der Waals surface area contributed by atoms with Crippen LogP contribution in [0.5, 0.6) is 0 Å². The molecule has 0 aliphatic rings. The number of rotatable bonds is 39. The number of likely N-dealkylation sites (N-methyl/N-ethyl adjacent to an activating group) is 1. The molecular weight excluding hydrogens is 679 g/mol. The molecule has 2 unspecified atom stereocenters. The highest BCUT2D eigenvalue weighted by atomic mass is 16.6. The third-order valence-corrected chi connectivity index (χ3v) is 9.78. The zero-order valence-electron chi connectivity index (χ0n) is 35.6. The van der Waals surface area contributed by atoms with E-state index < -0.39 is 18.1 Å². The molecule has 0 aliphatic heterocycles. The van der Waals surface area contributed by atoms with E-state index in [9.17, 15) is 19.5 Å². The van der Waals surface area contributed by atoms with Crippen LogP contribution in [-0.4, -0.2) is 75.5 Å². The average molecular weight is 762 g/mol.